The summed E-state index contributed by atoms with van der Waals surface area (Å²) in [7, 11) is 0. The summed E-state index contributed by atoms with van der Waals surface area (Å²) < 4.78 is 11.4. The van der Waals surface area contributed by atoms with Crippen LogP contribution in [0.2, 0.25) is 0 Å². The summed E-state index contributed by atoms with van der Waals surface area (Å²) in [5, 5.41) is 3.32. The molecule has 2 aromatic rings. The van der Waals surface area contributed by atoms with E-state index in [1.165, 1.54) is 5.56 Å². The lowest BCUT2D eigenvalue weighted by Gasteiger charge is -2.11. The van der Waals surface area contributed by atoms with Gasteiger partial charge in [0, 0.05) is 18.3 Å². The first kappa shape index (κ1) is 16.2. The minimum atomic E-state index is 0.514. The Bertz CT molecular complexity index is 573. The quantitative estimate of drug-likeness (QED) is 0.698. The molecule has 22 heavy (non-hydrogen) atoms. The lowest BCUT2D eigenvalue weighted by Crippen LogP contribution is -2.10. The molecule has 0 saturated carbocycles. The van der Waals surface area contributed by atoms with E-state index in [1.807, 2.05) is 55.5 Å². The van der Waals surface area contributed by atoms with Crippen LogP contribution >= 0.6 is 0 Å². The lowest BCUT2D eigenvalue weighted by molar-refractivity contribution is 0.217. The number of rotatable bonds is 9. The Labute approximate surface area is 132 Å². The molecule has 0 aliphatic heterocycles. The molecular formula is C18H24N2O2. The minimum absolute atomic E-state index is 0.514. The van der Waals surface area contributed by atoms with Crippen molar-refractivity contribution in [2.24, 2.45) is 5.73 Å². The molecule has 118 valence electrons. The number of nitrogens with two attached hydrogens (primary N) is 1. The Morgan fingerprint density at radius 3 is 2.32 bits per heavy atom. The van der Waals surface area contributed by atoms with Crippen LogP contribution in [0.25, 0.3) is 0 Å². The standard InChI is InChI=1S/C18H24N2O2/c1-15-5-2-7-17(13-15)21-11-12-22-18-8-3-6-16(14-18)20-10-4-9-19/h2-3,5-8,13-14,20H,4,9-12,19H2,1H3. The van der Waals surface area contributed by atoms with Gasteiger partial charge in [0.2, 0.25) is 0 Å². The second-order valence-electron chi connectivity index (χ2n) is 5.11. The summed E-state index contributed by atoms with van der Waals surface area (Å²) in [6, 6.07) is 15.9. The molecule has 0 aliphatic carbocycles. The van der Waals surface area contributed by atoms with Crippen molar-refractivity contribution in [3.8, 4) is 11.5 Å². The molecule has 0 fully saturated rings. The van der Waals surface area contributed by atoms with Crippen molar-refractivity contribution in [2.45, 2.75) is 13.3 Å². The average Bonchev–Trinajstić information content (AvgIpc) is 2.52. The van der Waals surface area contributed by atoms with Crippen LogP contribution in [0, 0.1) is 6.92 Å². The number of benzene rings is 2. The van der Waals surface area contributed by atoms with Crippen LogP contribution in [-0.4, -0.2) is 26.3 Å². The fourth-order valence-electron chi connectivity index (χ4n) is 2.05. The van der Waals surface area contributed by atoms with Gasteiger partial charge in [0.05, 0.1) is 0 Å². The van der Waals surface area contributed by atoms with Gasteiger partial charge in [-0.25, -0.2) is 0 Å². The maximum Gasteiger partial charge on any atom is 0.122 e. The molecule has 0 heterocycles. The first-order valence-corrected chi connectivity index (χ1v) is 7.64. The summed E-state index contributed by atoms with van der Waals surface area (Å²) in [6.45, 7) is 4.65. The van der Waals surface area contributed by atoms with Crippen molar-refractivity contribution in [1.29, 1.82) is 0 Å². The van der Waals surface area contributed by atoms with Crippen LogP contribution in [0.1, 0.15) is 12.0 Å². The Morgan fingerprint density at radius 1 is 0.955 bits per heavy atom. The third kappa shape index (κ3) is 5.66. The van der Waals surface area contributed by atoms with E-state index in [4.69, 9.17) is 15.2 Å². The largest absolute Gasteiger partial charge is 0.490 e. The molecule has 2 rings (SSSR count). The zero-order valence-electron chi connectivity index (χ0n) is 13.0. The predicted molar refractivity (Wildman–Crippen MR) is 90.8 cm³/mol. The van der Waals surface area contributed by atoms with Gasteiger partial charge in [-0.1, -0.05) is 18.2 Å². The molecule has 0 aromatic heterocycles. The summed E-state index contributed by atoms with van der Waals surface area (Å²) in [5.74, 6) is 1.71. The van der Waals surface area contributed by atoms with E-state index in [-0.39, 0.29) is 0 Å². The Kier molecular flexibility index (Phi) is 6.58. The zero-order valence-corrected chi connectivity index (χ0v) is 13.0. The smallest absolute Gasteiger partial charge is 0.122 e. The number of hydrogen-bond acceptors (Lipinski definition) is 4. The molecule has 4 heteroatoms. The fraction of sp³-hybridized carbons (Fsp3) is 0.333. The van der Waals surface area contributed by atoms with E-state index in [2.05, 4.69) is 5.32 Å². The second kappa shape index (κ2) is 8.95. The minimum Gasteiger partial charge on any atom is -0.490 e. The molecule has 0 radical (unpaired) electrons. The number of hydrogen-bond donors (Lipinski definition) is 2. The van der Waals surface area contributed by atoms with Gasteiger partial charge in [0.25, 0.3) is 0 Å². The van der Waals surface area contributed by atoms with Gasteiger partial charge in [0.15, 0.2) is 0 Å². The molecule has 0 atom stereocenters. The number of nitrogens with one attached hydrogen (secondary N) is 1. The molecule has 2 aromatic carbocycles. The van der Waals surface area contributed by atoms with Crippen LogP contribution in [0.4, 0.5) is 5.69 Å². The topological polar surface area (TPSA) is 56.5 Å². The van der Waals surface area contributed by atoms with Crippen molar-refractivity contribution in [1.82, 2.24) is 0 Å². The SMILES string of the molecule is Cc1cccc(OCCOc2cccc(NCCCN)c2)c1. The van der Waals surface area contributed by atoms with Crippen LogP contribution < -0.4 is 20.5 Å². The predicted octanol–water partition coefficient (Wildman–Crippen LogP) is 3.21. The molecule has 0 unspecified atom stereocenters. The first-order valence-electron chi connectivity index (χ1n) is 7.64. The molecule has 4 nitrogen and oxygen atoms in total. The number of ether oxygens (including phenoxy) is 2. The Morgan fingerprint density at radius 2 is 1.64 bits per heavy atom. The fourth-order valence-corrected chi connectivity index (χ4v) is 2.05. The van der Waals surface area contributed by atoms with E-state index in [9.17, 15) is 0 Å². The zero-order chi connectivity index (χ0) is 15.6. The van der Waals surface area contributed by atoms with Crippen LogP contribution in [0.15, 0.2) is 48.5 Å². The Hall–Kier alpha value is -2.20. The highest BCUT2D eigenvalue weighted by molar-refractivity contribution is 5.48. The van der Waals surface area contributed by atoms with Crippen LogP contribution in [-0.2, 0) is 0 Å². The van der Waals surface area contributed by atoms with Crippen molar-refractivity contribution < 1.29 is 9.47 Å². The molecular weight excluding hydrogens is 276 g/mol. The molecule has 0 amide bonds. The van der Waals surface area contributed by atoms with Gasteiger partial charge in [-0.15, -0.1) is 0 Å². The van der Waals surface area contributed by atoms with Crippen LogP contribution in [0.3, 0.4) is 0 Å². The van der Waals surface area contributed by atoms with Crippen molar-refractivity contribution in [3.05, 3.63) is 54.1 Å². The third-order valence-corrected chi connectivity index (χ3v) is 3.15. The summed E-state index contributed by atoms with van der Waals surface area (Å²) >= 11 is 0. The average molecular weight is 300 g/mol. The van der Waals surface area contributed by atoms with Crippen molar-refractivity contribution >= 4 is 5.69 Å². The highest BCUT2D eigenvalue weighted by Gasteiger charge is 1.98. The maximum absolute atomic E-state index is 5.72. The first-order chi connectivity index (χ1) is 10.8. The van der Waals surface area contributed by atoms with E-state index in [0.29, 0.717) is 19.8 Å². The van der Waals surface area contributed by atoms with E-state index in [1.54, 1.807) is 0 Å². The molecule has 0 saturated heterocycles. The molecule has 3 N–H and O–H groups in total. The highest BCUT2D eigenvalue weighted by Crippen LogP contribution is 2.17. The Balaban J connectivity index is 1.73. The van der Waals surface area contributed by atoms with Gasteiger partial charge >= 0.3 is 0 Å². The van der Waals surface area contributed by atoms with Gasteiger partial charge in [-0.3, -0.25) is 0 Å². The molecule has 0 bridgehead atoms. The van der Waals surface area contributed by atoms with E-state index < -0.39 is 0 Å². The van der Waals surface area contributed by atoms with Crippen molar-refractivity contribution in [2.75, 3.05) is 31.6 Å². The second-order valence-corrected chi connectivity index (χ2v) is 5.11. The third-order valence-electron chi connectivity index (χ3n) is 3.15. The summed E-state index contributed by atoms with van der Waals surface area (Å²) in [6.07, 6.45) is 0.954. The van der Waals surface area contributed by atoms with Gasteiger partial charge in [0.1, 0.15) is 24.7 Å². The van der Waals surface area contributed by atoms with Gasteiger partial charge < -0.3 is 20.5 Å². The van der Waals surface area contributed by atoms with E-state index in [0.717, 1.165) is 30.2 Å². The van der Waals surface area contributed by atoms with Gasteiger partial charge in [-0.2, -0.15) is 0 Å². The number of anilines is 1. The normalized spacial score (nSPS) is 10.3. The van der Waals surface area contributed by atoms with Gasteiger partial charge in [-0.05, 0) is 49.7 Å². The lowest BCUT2D eigenvalue weighted by atomic mass is 10.2. The van der Waals surface area contributed by atoms with Crippen molar-refractivity contribution in [3.63, 3.8) is 0 Å². The monoisotopic (exact) mass is 300 g/mol. The highest BCUT2D eigenvalue weighted by atomic mass is 16.5. The van der Waals surface area contributed by atoms with E-state index >= 15 is 0 Å². The summed E-state index contributed by atoms with van der Waals surface area (Å²) in [4.78, 5) is 0. The number of aryl methyl sites for hydroxylation is 1. The maximum atomic E-state index is 5.72. The molecule has 0 aliphatic rings. The molecule has 0 spiro atoms. The summed E-state index contributed by atoms with van der Waals surface area (Å²) in [5.41, 5.74) is 7.72. The van der Waals surface area contributed by atoms with Crippen LogP contribution in [0.5, 0.6) is 11.5 Å².